The summed E-state index contributed by atoms with van der Waals surface area (Å²) in [6, 6.07) is 0.0738. The Labute approximate surface area is 124 Å². The average molecular weight is 299 g/mol. The lowest BCUT2D eigenvalue weighted by Crippen LogP contribution is -2.35. The van der Waals surface area contributed by atoms with Gasteiger partial charge in [0.15, 0.2) is 0 Å². The molecule has 20 heavy (non-hydrogen) atoms. The molecule has 1 heterocycles. The molecule has 0 saturated heterocycles. The zero-order valence-corrected chi connectivity index (χ0v) is 12.7. The number of anilines is 1. The van der Waals surface area contributed by atoms with Gasteiger partial charge < -0.3 is 11.1 Å². The van der Waals surface area contributed by atoms with E-state index in [9.17, 15) is 4.79 Å². The highest BCUT2D eigenvalue weighted by Gasteiger charge is 2.20. The van der Waals surface area contributed by atoms with Crippen molar-refractivity contribution in [2.24, 2.45) is 11.7 Å². The van der Waals surface area contributed by atoms with Crippen LogP contribution in [0.2, 0.25) is 5.02 Å². The first-order valence-corrected chi connectivity index (χ1v) is 7.75. The highest BCUT2D eigenvalue weighted by Crippen LogP contribution is 2.27. The molecule has 0 radical (unpaired) electrons. The maximum Gasteiger partial charge on any atom is 0.291 e. The van der Waals surface area contributed by atoms with E-state index < -0.39 is 0 Å². The van der Waals surface area contributed by atoms with Crippen molar-refractivity contribution in [1.82, 2.24) is 9.78 Å². The van der Waals surface area contributed by atoms with Gasteiger partial charge in [-0.25, -0.2) is 4.68 Å². The summed E-state index contributed by atoms with van der Waals surface area (Å²) in [4.78, 5) is 12.4. The summed E-state index contributed by atoms with van der Waals surface area (Å²) in [5.74, 6) is 0.579. The molecule has 1 aliphatic rings. The Morgan fingerprint density at radius 3 is 2.90 bits per heavy atom. The Morgan fingerprint density at radius 2 is 2.35 bits per heavy atom. The van der Waals surface area contributed by atoms with Gasteiger partial charge in [-0.3, -0.25) is 4.79 Å². The van der Waals surface area contributed by atoms with E-state index in [0.717, 1.165) is 12.8 Å². The summed E-state index contributed by atoms with van der Waals surface area (Å²) in [5.41, 5.74) is 6.02. The van der Waals surface area contributed by atoms with E-state index in [0.29, 0.717) is 29.7 Å². The maximum absolute atomic E-state index is 12.4. The summed E-state index contributed by atoms with van der Waals surface area (Å²) < 4.78 is 1.53. The van der Waals surface area contributed by atoms with Crippen molar-refractivity contribution in [2.45, 2.75) is 51.6 Å². The predicted octanol–water partition coefficient (Wildman–Crippen LogP) is 2.24. The van der Waals surface area contributed by atoms with Crippen molar-refractivity contribution in [3.63, 3.8) is 0 Å². The smallest absolute Gasteiger partial charge is 0.291 e. The molecule has 5 nitrogen and oxygen atoms in total. The summed E-state index contributed by atoms with van der Waals surface area (Å²) >= 11 is 6.11. The molecule has 1 aromatic heterocycles. The van der Waals surface area contributed by atoms with E-state index >= 15 is 0 Å². The van der Waals surface area contributed by atoms with Gasteiger partial charge >= 0.3 is 0 Å². The third-order valence-electron chi connectivity index (χ3n) is 3.92. The number of hydrogen-bond acceptors (Lipinski definition) is 4. The number of halogens is 1. The van der Waals surface area contributed by atoms with Gasteiger partial charge in [-0.1, -0.05) is 31.4 Å². The summed E-state index contributed by atoms with van der Waals surface area (Å²) in [6.07, 6.45) is 7.08. The lowest BCUT2D eigenvalue weighted by Gasteiger charge is -2.25. The Hall–Kier alpha value is -1.07. The first-order valence-electron chi connectivity index (χ1n) is 7.38. The van der Waals surface area contributed by atoms with Crippen molar-refractivity contribution < 1.29 is 0 Å². The van der Waals surface area contributed by atoms with Crippen molar-refractivity contribution in [1.29, 1.82) is 0 Å². The summed E-state index contributed by atoms with van der Waals surface area (Å²) in [7, 11) is 0. The molecule has 0 bridgehead atoms. The fourth-order valence-corrected chi connectivity index (χ4v) is 2.63. The second-order valence-corrected chi connectivity index (χ2v) is 5.92. The van der Waals surface area contributed by atoms with Crippen molar-refractivity contribution in [3.8, 4) is 0 Å². The van der Waals surface area contributed by atoms with Crippen molar-refractivity contribution in [3.05, 3.63) is 21.6 Å². The predicted molar refractivity (Wildman–Crippen MR) is 82.2 cm³/mol. The average Bonchev–Trinajstić information content (AvgIpc) is 2.39. The van der Waals surface area contributed by atoms with Crippen LogP contribution in [-0.4, -0.2) is 22.4 Å². The van der Waals surface area contributed by atoms with Gasteiger partial charge in [0.2, 0.25) is 0 Å². The van der Waals surface area contributed by atoms with Crippen LogP contribution in [0.15, 0.2) is 11.0 Å². The second kappa shape index (κ2) is 7.09. The summed E-state index contributed by atoms with van der Waals surface area (Å²) in [5, 5.41) is 7.70. The largest absolute Gasteiger partial charge is 0.375 e. The molecule has 0 aromatic carbocycles. The van der Waals surface area contributed by atoms with Gasteiger partial charge in [0, 0.05) is 19.1 Å². The molecule has 0 aliphatic heterocycles. The van der Waals surface area contributed by atoms with Gasteiger partial charge in [0.1, 0.15) is 5.69 Å². The molecule has 3 N–H and O–H groups in total. The van der Waals surface area contributed by atoms with Gasteiger partial charge in [0.05, 0.1) is 11.2 Å². The quantitative estimate of drug-likeness (QED) is 0.810. The molecule has 1 unspecified atom stereocenters. The van der Waals surface area contributed by atoms with Gasteiger partial charge in [-0.15, -0.1) is 0 Å². The maximum atomic E-state index is 12.4. The van der Waals surface area contributed by atoms with E-state index in [4.69, 9.17) is 17.3 Å². The molecule has 2 rings (SSSR count). The fourth-order valence-electron chi connectivity index (χ4n) is 2.45. The van der Waals surface area contributed by atoms with Crippen LogP contribution in [0.25, 0.3) is 0 Å². The van der Waals surface area contributed by atoms with Gasteiger partial charge in [0.25, 0.3) is 5.56 Å². The third kappa shape index (κ3) is 3.52. The highest BCUT2D eigenvalue weighted by molar-refractivity contribution is 6.33. The van der Waals surface area contributed by atoms with Crippen LogP contribution in [0, 0.1) is 5.92 Å². The minimum absolute atomic E-state index is 0.0738. The Bertz CT molecular complexity index is 498. The molecule has 0 spiro atoms. The lowest BCUT2D eigenvalue weighted by molar-refractivity contribution is 0.262. The van der Waals surface area contributed by atoms with Crippen molar-refractivity contribution >= 4 is 17.3 Å². The molecule has 1 fully saturated rings. The minimum atomic E-state index is -0.140. The SMILES string of the molecule is CCCC(CN)Nc1c(Cl)cnn(CC2CCC2)c1=O. The summed E-state index contributed by atoms with van der Waals surface area (Å²) in [6.45, 7) is 3.26. The first-order chi connectivity index (χ1) is 9.65. The van der Waals surface area contributed by atoms with E-state index in [-0.39, 0.29) is 11.6 Å². The zero-order chi connectivity index (χ0) is 14.5. The van der Waals surface area contributed by atoms with Crippen LogP contribution in [0.3, 0.4) is 0 Å². The topological polar surface area (TPSA) is 72.9 Å². The molecular formula is C14H23ClN4O. The van der Waals surface area contributed by atoms with Crippen molar-refractivity contribution in [2.75, 3.05) is 11.9 Å². The number of nitrogens with two attached hydrogens (primary N) is 1. The number of hydrogen-bond donors (Lipinski definition) is 2. The van der Waals surface area contributed by atoms with Crippen LogP contribution in [0.5, 0.6) is 0 Å². The molecule has 0 amide bonds. The first kappa shape index (κ1) is 15.3. The molecular weight excluding hydrogens is 276 g/mol. The van der Waals surface area contributed by atoms with E-state index in [2.05, 4.69) is 17.3 Å². The highest BCUT2D eigenvalue weighted by atomic mass is 35.5. The normalized spacial score (nSPS) is 16.8. The van der Waals surface area contributed by atoms with Gasteiger partial charge in [-0.05, 0) is 25.2 Å². The van der Waals surface area contributed by atoms with E-state index in [1.165, 1.54) is 23.9 Å². The second-order valence-electron chi connectivity index (χ2n) is 5.52. The minimum Gasteiger partial charge on any atom is -0.375 e. The number of rotatable bonds is 7. The number of aromatic nitrogens is 2. The van der Waals surface area contributed by atoms with Crippen LogP contribution in [0.1, 0.15) is 39.0 Å². The van der Waals surface area contributed by atoms with E-state index in [1.54, 1.807) is 6.20 Å². The monoisotopic (exact) mass is 298 g/mol. The Morgan fingerprint density at radius 1 is 1.60 bits per heavy atom. The zero-order valence-electron chi connectivity index (χ0n) is 11.9. The fraction of sp³-hybridized carbons (Fsp3) is 0.714. The Balaban J connectivity index is 2.17. The Kier molecular flexibility index (Phi) is 5.43. The van der Waals surface area contributed by atoms with Crippen LogP contribution < -0.4 is 16.6 Å². The van der Waals surface area contributed by atoms with E-state index in [1.807, 2.05) is 0 Å². The molecule has 6 heteroatoms. The number of nitrogens with one attached hydrogen (secondary N) is 1. The molecule has 1 aromatic rings. The van der Waals surface area contributed by atoms with Crippen LogP contribution >= 0.6 is 11.6 Å². The number of nitrogens with zero attached hydrogens (tertiary/aromatic N) is 2. The standard InChI is InChI=1S/C14H23ClN4O/c1-2-4-11(7-16)18-13-12(15)8-17-19(14(13)20)9-10-5-3-6-10/h8,10-11,18H,2-7,9,16H2,1H3. The molecule has 1 atom stereocenters. The third-order valence-corrected chi connectivity index (χ3v) is 4.21. The molecule has 1 aliphatic carbocycles. The van der Waals surface area contributed by atoms with Gasteiger partial charge in [-0.2, -0.15) is 5.10 Å². The molecule has 112 valence electrons. The lowest BCUT2D eigenvalue weighted by atomic mass is 9.85. The van der Waals surface area contributed by atoms with Crippen LogP contribution in [-0.2, 0) is 6.54 Å². The van der Waals surface area contributed by atoms with Crippen LogP contribution in [0.4, 0.5) is 5.69 Å². The molecule has 1 saturated carbocycles.